The molecule has 0 aliphatic carbocycles. The van der Waals surface area contributed by atoms with Crippen LogP contribution in [0.1, 0.15) is 25.3 Å². The van der Waals surface area contributed by atoms with Gasteiger partial charge >= 0.3 is 0 Å². The first-order valence-electron chi connectivity index (χ1n) is 6.86. The largest absolute Gasteiger partial charge is 0.350 e. The lowest BCUT2D eigenvalue weighted by Crippen LogP contribution is -2.40. The van der Waals surface area contributed by atoms with Crippen molar-refractivity contribution in [3.8, 4) is 0 Å². The normalized spacial score (nSPS) is 18.6. The van der Waals surface area contributed by atoms with Crippen LogP contribution in [-0.2, 0) is 19.5 Å². The summed E-state index contributed by atoms with van der Waals surface area (Å²) in [7, 11) is -3.65. The molecule has 0 bridgehead atoms. The molecule has 0 atom stereocenters. The molecular weight excluding hydrogens is 297 g/mol. The molecule has 1 aromatic carbocycles. The van der Waals surface area contributed by atoms with Crippen molar-refractivity contribution < 1.29 is 22.3 Å². The standard InChI is InChI=1S/C14H20FNO4S/c1-11-10-12(4-5-13(11)15)21(17,18)16-7-6-14(2)19-8-3-9-20-14/h4-5,10,16H,3,6-9H2,1-2H3. The van der Waals surface area contributed by atoms with Gasteiger partial charge in [0.1, 0.15) is 5.82 Å². The summed E-state index contributed by atoms with van der Waals surface area (Å²) in [5, 5.41) is 0. The van der Waals surface area contributed by atoms with Crippen LogP contribution in [0.2, 0.25) is 0 Å². The molecule has 2 rings (SSSR count). The Bertz CT molecular complexity index is 597. The second-order valence-corrected chi connectivity index (χ2v) is 7.01. The van der Waals surface area contributed by atoms with E-state index in [1.807, 2.05) is 0 Å². The van der Waals surface area contributed by atoms with Crippen LogP contribution in [0, 0.1) is 12.7 Å². The Kier molecular flexibility index (Phi) is 4.98. The van der Waals surface area contributed by atoms with E-state index in [2.05, 4.69) is 4.72 Å². The Labute approximate surface area is 124 Å². The van der Waals surface area contributed by atoms with Crippen LogP contribution in [-0.4, -0.2) is 34.0 Å². The summed E-state index contributed by atoms with van der Waals surface area (Å²) < 4.78 is 50.9. The van der Waals surface area contributed by atoms with E-state index in [0.717, 1.165) is 12.5 Å². The molecule has 1 saturated heterocycles. The van der Waals surface area contributed by atoms with E-state index in [9.17, 15) is 12.8 Å². The molecule has 21 heavy (non-hydrogen) atoms. The summed E-state index contributed by atoms with van der Waals surface area (Å²) in [5.41, 5.74) is 0.295. The van der Waals surface area contributed by atoms with Crippen LogP contribution in [0.25, 0.3) is 0 Å². The molecule has 1 N–H and O–H groups in total. The van der Waals surface area contributed by atoms with Gasteiger partial charge in [0.15, 0.2) is 5.79 Å². The molecule has 118 valence electrons. The van der Waals surface area contributed by atoms with Crippen LogP contribution in [0.5, 0.6) is 0 Å². The maximum atomic E-state index is 13.2. The lowest BCUT2D eigenvalue weighted by atomic mass is 10.2. The topological polar surface area (TPSA) is 64.6 Å². The first-order chi connectivity index (χ1) is 9.82. The fraction of sp³-hybridized carbons (Fsp3) is 0.571. The quantitative estimate of drug-likeness (QED) is 0.901. The molecule has 0 unspecified atom stereocenters. The highest BCUT2D eigenvalue weighted by Gasteiger charge is 2.29. The van der Waals surface area contributed by atoms with Crippen molar-refractivity contribution in [2.75, 3.05) is 19.8 Å². The molecule has 0 aromatic heterocycles. The number of sulfonamides is 1. The van der Waals surface area contributed by atoms with E-state index in [-0.39, 0.29) is 11.4 Å². The Morgan fingerprint density at radius 1 is 1.33 bits per heavy atom. The van der Waals surface area contributed by atoms with Crippen molar-refractivity contribution in [2.24, 2.45) is 0 Å². The molecule has 1 aliphatic rings. The number of rotatable bonds is 5. The Morgan fingerprint density at radius 2 is 2.00 bits per heavy atom. The molecule has 1 aliphatic heterocycles. The first kappa shape index (κ1) is 16.4. The van der Waals surface area contributed by atoms with Crippen molar-refractivity contribution in [1.29, 1.82) is 0 Å². The maximum Gasteiger partial charge on any atom is 0.240 e. The number of hydrogen-bond donors (Lipinski definition) is 1. The minimum absolute atomic E-state index is 0.0528. The number of hydrogen-bond acceptors (Lipinski definition) is 4. The molecule has 0 spiro atoms. The van der Waals surface area contributed by atoms with Gasteiger partial charge in [-0.15, -0.1) is 0 Å². The second kappa shape index (κ2) is 6.39. The molecule has 0 saturated carbocycles. The van der Waals surface area contributed by atoms with Crippen molar-refractivity contribution in [3.63, 3.8) is 0 Å². The van der Waals surface area contributed by atoms with Crippen LogP contribution in [0.4, 0.5) is 4.39 Å². The minimum atomic E-state index is -3.65. The van der Waals surface area contributed by atoms with Gasteiger partial charge in [0, 0.05) is 13.0 Å². The molecule has 0 radical (unpaired) electrons. The Balaban J connectivity index is 1.96. The second-order valence-electron chi connectivity index (χ2n) is 5.24. The molecule has 5 nitrogen and oxygen atoms in total. The summed E-state index contributed by atoms with van der Waals surface area (Å²) in [6.07, 6.45) is 1.25. The van der Waals surface area contributed by atoms with Crippen molar-refractivity contribution in [2.45, 2.75) is 37.4 Å². The monoisotopic (exact) mass is 317 g/mol. The van der Waals surface area contributed by atoms with Gasteiger partial charge in [-0.2, -0.15) is 0 Å². The Hall–Kier alpha value is -1.02. The van der Waals surface area contributed by atoms with Crippen LogP contribution in [0.3, 0.4) is 0 Å². The van der Waals surface area contributed by atoms with Gasteiger partial charge in [-0.25, -0.2) is 17.5 Å². The summed E-state index contributed by atoms with van der Waals surface area (Å²) in [6, 6.07) is 3.71. The van der Waals surface area contributed by atoms with E-state index in [1.54, 1.807) is 6.92 Å². The molecule has 1 fully saturated rings. The van der Waals surface area contributed by atoms with Crippen LogP contribution >= 0.6 is 0 Å². The lowest BCUT2D eigenvalue weighted by Gasteiger charge is -2.33. The average Bonchev–Trinajstić information content (AvgIpc) is 2.42. The van der Waals surface area contributed by atoms with Gasteiger partial charge in [0.25, 0.3) is 0 Å². The number of halogens is 1. The van der Waals surface area contributed by atoms with Gasteiger partial charge in [-0.1, -0.05) is 0 Å². The summed E-state index contributed by atoms with van der Waals surface area (Å²) in [6.45, 7) is 4.73. The van der Waals surface area contributed by atoms with Crippen LogP contribution in [0.15, 0.2) is 23.1 Å². The van der Waals surface area contributed by atoms with E-state index in [4.69, 9.17) is 9.47 Å². The zero-order chi connectivity index (χ0) is 15.5. The van der Waals surface area contributed by atoms with Gasteiger partial charge in [0.05, 0.1) is 18.1 Å². The molecule has 1 aromatic rings. The smallest absolute Gasteiger partial charge is 0.240 e. The average molecular weight is 317 g/mol. The third-order valence-corrected chi connectivity index (χ3v) is 4.87. The van der Waals surface area contributed by atoms with Crippen molar-refractivity contribution in [1.82, 2.24) is 4.72 Å². The fourth-order valence-electron chi connectivity index (χ4n) is 2.10. The third kappa shape index (κ3) is 4.23. The Morgan fingerprint density at radius 3 is 2.62 bits per heavy atom. The number of nitrogens with one attached hydrogen (secondary N) is 1. The molecular formula is C14H20FNO4S. The zero-order valence-corrected chi connectivity index (χ0v) is 13.0. The molecule has 0 amide bonds. The molecule has 7 heteroatoms. The van der Waals surface area contributed by atoms with Gasteiger partial charge in [-0.3, -0.25) is 0 Å². The van der Waals surface area contributed by atoms with E-state index in [1.165, 1.54) is 19.1 Å². The molecule has 1 heterocycles. The minimum Gasteiger partial charge on any atom is -0.350 e. The third-order valence-electron chi connectivity index (χ3n) is 3.41. The highest BCUT2D eigenvalue weighted by Crippen LogP contribution is 2.22. The van der Waals surface area contributed by atoms with E-state index in [0.29, 0.717) is 25.2 Å². The predicted molar refractivity (Wildman–Crippen MR) is 75.9 cm³/mol. The van der Waals surface area contributed by atoms with Crippen LogP contribution < -0.4 is 4.72 Å². The zero-order valence-electron chi connectivity index (χ0n) is 12.2. The SMILES string of the molecule is Cc1cc(S(=O)(=O)NCCC2(C)OCCCO2)ccc1F. The summed E-state index contributed by atoms with van der Waals surface area (Å²) in [4.78, 5) is 0.0528. The van der Waals surface area contributed by atoms with Gasteiger partial charge < -0.3 is 9.47 Å². The van der Waals surface area contributed by atoms with Crippen molar-refractivity contribution in [3.05, 3.63) is 29.6 Å². The maximum absolute atomic E-state index is 13.2. The van der Waals surface area contributed by atoms with Gasteiger partial charge in [-0.05, 0) is 44.0 Å². The highest BCUT2D eigenvalue weighted by atomic mass is 32.2. The summed E-state index contributed by atoms with van der Waals surface area (Å²) in [5.74, 6) is -1.18. The number of ether oxygens (including phenoxy) is 2. The highest BCUT2D eigenvalue weighted by molar-refractivity contribution is 7.89. The number of aryl methyl sites for hydroxylation is 1. The lowest BCUT2D eigenvalue weighted by molar-refractivity contribution is -0.257. The predicted octanol–water partition coefficient (Wildman–Crippen LogP) is 1.96. The van der Waals surface area contributed by atoms with Gasteiger partial charge in [0.2, 0.25) is 10.0 Å². The number of benzene rings is 1. The fourth-order valence-corrected chi connectivity index (χ4v) is 3.22. The van der Waals surface area contributed by atoms with E-state index < -0.39 is 21.6 Å². The first-order valence-corrected chi connectivity index (χ1v) is 8.34. The van der Waals surface area contributed by atoms with E-state index >= 15 is 0 Å². The van der Waals surface area contributed by atoms with Crippen molar-refractivity contribution >= 4 is 10.0 Å². The summed E-state index contributed by atoms with van der Waals surface area (Å²) >= 11 is 0.